The van der Waals surface area contributed by atoms with E-state index in [1.165, 1.54) is 83.6 Å². The minimum absolute atomic E-state index is 0. The third-order valence-electron chi connectivity index (χ3n) is 6.68. The first-order valence-corrected chi connectivity index (χ1v) is 13.2. The van der Waals surface area contributed by atoms with E-state index in [-0.39, 0.29) is 18.4 Å². The van der Waals surface area contributed by atoms with E-state index in [1.807, 2.05) is 0 Å². The van der Waals surface area contributed by atoms with E-state index in [1.54, 1.807) is 6.92 Å². The Hall–Kier alpha value is -0.800. The van der Waals surface area contributed by atoms with Crippen molar-refractivity contribution in [3.05, 3.63) is 24.8 Å². The molecule has 0 saturated heterocycles. The zero-order valence-electron chi connectivity index (χ0n) is 21.9. The molecular weight excluding hydrogens is 418 g/mol. The maximum Gasteiger partial charge on any atom is 0.333 e. The van der Waals surface area contributed by atoms with Crippen molar-refractivity contribution in [3.8, 4) is 0 Å². The molecule has 3 nitrogen and oxygen atoms in total. The molecule has 0 aromatic carbocycles. The van der Waals surface area contributed by atoms with E-state index in [2.05, 4.69) is 40.1 Å². The van der Waals surface area contributed by atoms with Gasteiger partial charge in [-0.1, -0.05) is 91.2 Å². The third kappa shape index (κ3) is 16.8. The van der Waals surface area contributed by atoms with Gasteiger partial charge in [0, 0.05) is 12.0 Å². The van der Waals surface area contributed by atoms with E-state index in [4.69, 9.17) is 4.74 Å². The number of likely N-dealkylation sites (N-methyl/N-ethyl adjacent to an activating group) is 1. The van der Waals surface area contributed by atoms with Crippen molar-refractivity contribution < 1.29 is 26.4 Å². The van der Waals surface area contributed by atoms with E-state index in [0.29, 0.717) is 18.2 Å². The van der Waals surface area contributed by atoms with Crippen molar-refractivity contribution in [2.24, 2.45) is 0 Å². The fourth-order valence-electron chi connectivity index (χ4n) is 4.60. The van der Waals surface area contributed by atoms with Crippen LogP contribution in [0.4, 0.5) is 0 Å². The molecule has 0 aromatic heterocycles. The van der Waals surface area contributed by atoms with Gasteiger partial charge in [0.25, 0.3) is 0 Å². The van der Waals surface area contributed by atoms with E-state index in [0.717, 1.165) is 30.3 Å². The van der Waals surface area contributed by atoms with Crippen molar-refractivity contribution in [2.45, 2.75) is 123 Å². The summed E-state index contributed by atoms with van der Waals surface area (Å²) in [4.78, 5) is 11.6. The van der Waals surface area contributed by atoms with Gasteiger partial charge in [0.2, 0.25) is 0 Å². The Morgan fingerprint density at radius 3 is 1.84 bits per heavy atom. The summed E-state index contributed by atoms with van der Waals surface area (Å²) in [6.45, 7) is 16.7. The van der Waals surface area contributed by atoms with Gasteiger partial charge in [0.05, 0.1) is 32.8 Å². The van der Waals surface area contributed by atoms with Gasteiger partial charge in [-0.3, -0.25) is 0 Å². The molecule has 0 radical (unpaired) electrons. The average Bonchev–Trinajstić information content (AvgIpc) is 2.74. The monoisotopic (exact) mass is 471 g/mol. The number of hydrogen-bond acceptors (Lipinski definition) is 2. The van der Waals surface area contributed by atoms with Crippen LogP contribution in [0, 0.1) is 0 Å². The predicted octanol–water partition coefficient (Wildman–Crippen LogP) is 5.00. The van der Waals surface area contributed by atoms with Gasteiger partial charge in [-0.15, -0.1) is 0 Å². The van der Waals surface area contributed by atoms with Crippen LogP contribution >= 0.6 is 0 Å². The lowest BCUT2D eigenvalue weighted by atomic mass is 10.0. The van der Waals surface area contributed by atoms with Crippen molar-refractivity contribution in [1.82, 2.24) is 0 Å². The first kappa shape index (κ1) is 33.4. The van der Waals surface area contributed by atoms with Crippen LogP contribution in [0.3, 0.4) is 0 Å². The fourth-order valence-corrected chi connectivity index (χ4v) is 4.60. The van der Waals surface area contributed by atoms with Crippen molar-refractivity contribution in [3.63, 3.8) is 0 Å². The number of nitrogens with zero attached hydrogens (tertiary/aromatic N) is 1. The molecule has 0 fully saturated rings. The van der Waals surface area contributed by atoms with Crippen LogP contribution in [0.15, 0.2) is 24.8 Å². The SMILES string of the molecule is C=CC[N+](C)(CCCCCCCCCCCCCC)C(CC)CCCOC(=O)C(=C)C.[Cl-]. The van der Waals surface area contributed by atoms with Crippen molar-refractivity contribution in [2.75, 3.05) is 26.7 Å². The molecule has 0 aromatic rings. The summed E-state index contributed by atoms with van der Waals surface area (Å²) >= 11 is 0. The van der Waals surface area contributed by atoms with Crippen LogP contribution in [-0.4, -0.2) is 43.2 Å². The number of carbonyl (C=O) groups is 1. The minimum atomic E-state index is -0.270. The largest absolute Gasteiger partial charge is 1.00 e. The maximum absolute atomic E-state index is 11.6. The normalized spacial score (nSPS) is 13.6. The van der Waals surface area contributed by atoms with Crippen LogP contribution < -0.4 is 12.4 Å². The van der Waals surface area contributed by atoms with Gasteiger partial charge in [-0.05, 0) is 38.7 Å². The molecule has 2 unspecified atom stereocenters. The van der Waals surface area contributed by atoms with Crippen LogP contribution in [0.5, 0.6) is 0 Å². The van der Waals surface area contributed by atoms with Gasteiger partial charge < -0.3 is 21.6 Å². The van der Waals surface area contributed by atoms with Crippen molar-refractivity contribution >= 4 is 5.97 Å². The summed E-state index contributed by atoms with van der Waals surface area (Å²) in [6, 6.07) is 0.592. The van der Waals surface area contributed by atoms with E-state index < -0.39 is 0 Å². The predicted molar refractivity (Wildman–Crippen MR) is 136 cm³/mol. The lowest BCUT2D eigenvalue weighted by Crippen LogP contribution is -3.00. The number of hydrogen-bond donors (Lipinski definition) is 0. The van der Waals surface area contributed by atoms with Crippen molar-refractivity contribution in [1.29, 1.82) is 0 Å². The molecular formula is C28H54ClNO2. The molecule has 0 rings (SSSR count). The number of halogens is 1. The molecule has 0 heterocycles. The summed E-state index contributed by atoms with van der Waals surface area (Å²) in [5.41, 5.74) is 0.478. The number of rotatable bonds is 22. The Kier molecular flexibility index (Phi) is 23.0. The van der Waals surface area contributed by atoms with E-state index >= 15 is 0 Å². The zero-order valence-corrected chi connectivity index (χ0v) is 22.7. The fraction of sp³-hybridized carbons (Fsp3) is 0.821. The average molecular weight is 472 g/mol. The molecule has 0 spiro atoms. The zero-order chi connectivity index (χ0) is 23.4. The topological polar surface area (TPSA) is 26.3 Å². The lowest BCUT2D eigenvalue weighted by molar-refractivity contribution is -0.929. The first-order valence-electron chi connectivity index (χ1n) is 13.2. The second-order valence-corrected chi connectivity index (χ2v) is 9.68. The highest BCUT2D eigenvalue weighted by Crippen LogP contribution is 2.21. The Morgan fingerprint density at radius 1 is 0.906 bits per heavy atom. The number of esters is 1. The van der Waals surface area contributed by atoms with Gasteiger partial charge in [0.15, 0.2) is 0 Å². The first-order chi connectivity index (χ1) is 14.9. The van der Waals surface area contributed by atoms with Gasteiger partial charge in [-0.2, -0.15) is 0 Å². The molecule has 190 valence electrons. The number of quaternary nitrogens is 1. The Morgan fingerprint density at radius 2 is 1.41 bits per heavy atom. The van der Waals surface area contributed by atoms with Crippen LogP contribution in [0.2, 0.25) is 0 Å². The van der Waals surface area contributed by atoms with Crippen LogP contribution in [0.1, 0.15) is 117 Å². The standard InChI is InChI=1S/C28H54NO2.ClH/c1-7-10-11-12-13-14-15-16-17-18-19-20-24-29(6,23-8-2)27(9-3)22-21-25-31-28(30)26(4)5;/h8,27H,2,4,7,9-25H2,1,3,5-6H3;1H/q+1;/p-1. The molecule has 4 heteroatoms. The highest BCUT2D eigenvalue weighted by atomic mass is 35.5. The molecule has 0 amide bonds. The van der Waals surface area contributed by atoms with Gasteiger partial charge >= 0.3 is 5.97 Å². The summed E-state index contributed by atoms with van der Waals surface area (Å²) in [6.07, 6.45) is 21.9. The van der Waals surface area contributed by atoms with Crippen LogP contribution in [-0.2, 0) is 9.53 Å². The lowest BCUT2D eigenvalue weighted by Gasteiger charge is -2.41. The molecule has 0 N–H and O–H groups in total. The minimum Gasteiger partial charge on any atom is -1.00 e. The summed E-state index contributed by atoms with van der Waals surface area (Å²) in [7, 11) is 2.38. The summed E-state index contributed by atoms with van der Waals surface area (Å²) in [5.74, 6) is -0.270. The highest BCUT2D eigenvalue weighted by Gasteiger charge is 2.29. The molecule has 0 bridgehead atoms. The molecule has 2 atom stereocenters. The molecule has 0 aliphatic rings. The van der Waals surface area contributed by atoms with E-state index in [9.17, 15) is 4.79 Å². The smallest absolute Gasteiger partial charge is 0.333 e. The Balaban J connectivity index is 0. The number of unbranched alkanes of at least 4 members (excludes halogenated alkanes) is 11. The highest BCUT2D eigenvalue weighted by molar-refractivity contribution is 5.86. The molecule has 0 aliphatic carbocycles. The molecule has 32 heavy (non-hydrogen) atoms. The Bertz CT molecular complexity index is 480. The van der Waals surface area contributed by atoms with Crippen LogP contribution in [0.25, 0.3) is 0 Å². The second kappa shape index (κ2) is 22.0. The quantitative estimate of drug-likeness (QED) is 0.0729. The maximum atomic E-state index is 11.6. The third-order valence-corrected chi connectivity index (χ3v) is 6.68. The second-order valence-electron chi connectivity index (χ2n) is 9.68. The molecule has 0 saturated carbocycles. The van der Waals surface area contributed by atoms with Gasteiger partial charge in [0.1, 0.15) is 0 Å². The number of ether oxygens (including phenoxy) is 1. The molecule has 0 aliphatic heterocycles. The Labute approximate surface area is 207 Å². The van der Waals surface area contributed by atoms with Gasteiger partial charge in [-0.25, -0.2) is 4.79 Å². The summed E-state index contributed by atoms with van der Waals surface area (Å²) < 4.78 is 6.34. The summed E-state index contributed by atoms with van der Waals surface area (Å²) in [5, 5.41) is 0. The number of carbonyl (C=O) groups excluding carboxylic acids is 1.